The average Bonchev–Trinajstić information content (AvgIpc) is 3.07. The molecule has 2 heterocycles. The maximum absolute atomic E-state index is 14.7. The van der Waals surface area contributed by atoms with E-state index in [0.717, 1.165) is 23.1 Å². The molecule has 1 aromatic heterocycles. The predicted octanol–water partition coefficient (Wildman–Crippen LogP) is 3.96. The Labute approximate surface area is 145 Å². The number of amides is 1. The molecule has 0 bridgehead atoms. The van der Waals surface area contributed by atoms with Gasteiger partial charge >= 0.3 is 0 Å². The fourth-order valence-electron chi connectivity index (χ4n) is 3.22. The number of benzene rings is 2. The van der Waals surface area contributed by atoms with E-state index in [1.807, 2.05) is 36.4 Å². The number of furan rings is 1. The number of nitrogens with one attached hydrogen (secondary N) is 2. The number of hydrogen-bond donors (Lipinski definition) is 2. The van der Waals surface area contributed by atoms with Crippen LogP contribution in [0.5, 0.6) is 0 Å². The lowest BCUT2D eigenvalue weighted by Crippen LogP contribution is -2.25. The van der Waals surface area contributed by atoms with E-state index >= 15 is 0 Å². The van der Waals surface area contributed by atoms with Crippen LogP contribution in [0, 0.1) is 5.82 Å². The van der Waals surface area contributed by atoms with Crippen molar-refractivity contribution in [1.29, 1.82) is 0 Å². The van der Waals surface area contributed by atoms with Gasteiger partial charge in [0.15, 0.2) is 0 Å². The summed E-state index contributed by atoms with van der Waals surface area (Å²) in [5.74, 6) is -0.554. The normalized spacial score (nSPS) is 15.0. The number of halogens is 1. The number of hydrogen-bond acceptors (Lipinski definition) is 3. The van der Waals surface area contributed by atoms with Gasteiger partial charge in [-0.25, -0.2) is 4.39 Å². The Bertz CT molecular complexity index is 915. The van der Waals surface area contributed by atoms with Crippen molar-refractivity contribution in [1.82, 2.24) is 5.32 Å². The van der Waals surface area contributed by atoms with Crippen LogP contribution >= 0.6 is 0 Å². The molecule has 0 spiro atoms. The van der Waals surface area contributed by atoms with E-state index in [-0.39, 0.29) is 17.4 Å². The summed E-state index contributed by atoms with van der Waals surface area (Å²) in [6.07, 6.45) is 0.629. The first-order chi connectivity index (χ1) is 12.1. The monoisotopic (exact) mass is 338 g/mol. The molecule has 1 aliphatic heterocycles. The third-order valence-corrected chi connectivity index (χ3v) is 4.73. The number of para-hydroxylation sites is 1. The minimum absolute atomic E-state index is 0.230. The van der Waals surface area contributed by atoms with Gasteiger partial charge in [-0.3, -0.25) is 4.79 Å². The summed E-state index contributed by atoms with van der Waals surface area (Å²) in [5.41, 5.74) is 2.61. The second-order valence-corrected chi connectivity index (χ2v) is 6.39. The van der Waals surface area contributed by atoms with Crippen molar-refractivity contribution < 1.29 is 13.6 Å². The van der Waals surface area contributed by atoms with E-state index in [2.05, 4.69) is 10.6 Å². The molecule has 128 valence electrons. The maximum Gasteiger partial charge on any atom is 0.234 e. The van der Waals surface area contributed by atoms with Crippen LogP contribution in [0.15, 0.2) is 46.9 Å². The van der Waals surface area contributed by atoms with Crippen LogP contribution in [0.25, 0.3) is 11.0 Å². The van der Waals surface area contributed by atoms with Gasteiger partial charge in [-0.1, -0.05) is 24.3 Å². The Balaban J connectivity index is 1.57. The third kappa shape index (κ3) is 2.91. The number of carbonyl (C=O) groups is 1. The fourth-order valence-corrected chi connectivity index (χ4v) is 3.22. The highest BCUT2D eigenvalue weighted by molar-refractivity contribution is 5.96. The summed E-state index contributed by atoms with van der Waals surface area (Å²) in [7, 11) is 0. The Morgan fingerprint density at radius 3 is 2.96 bits per heavy atom. The molecule has 1 unspecified atom stereocenters. The molecule has 1 aliphatic rings. The van der Waals surface area contributed by atoms with E-state index < -0.39 is 5.92 Å². The first-order valence-electron chi connectivity index (χ1n) is 8.44. The molecule has 5 heteroatoms. The molecule has 25 heavy (non-hydrogen) atoms. The lowest BCUT2D eigenvalue weighted by atomic mass is 9.99. The molecule has 4 rings (SSSR count). The molecule has 2 N–H and O–H groups in total. The first-order valence-corrected chi connectivity index (χ1v) is 8.44. The van der Waals surface area contributed by atoms with Crippen LogP contribution < -0.4 is 10.6 Å². The Morgan fingerprint density at radius 2 is 2.12 bits per heavy atom. The van der Waals surface area contributed by atoms with Crippen molar-refractivity contribution in [3.8, 4) is 0 Å². The zero-order valence-corrected chi connectivity index (χ0v) is 13.9. The van der Waals surface area contributed by atoms with Crippen LogP contribution in [-0.2, 0) is 17.8 Å². The Kier molecular flexibility index (Phi) is 4.01. The molecule has 3 aromatic rings. The van der Waals surface area contributed by atoms with Crippen molar-refractivity contribution in [2.45, 2.75) is 25.8 Å². The van der Waals surface area contributed by atoms with E-state index in [4.69, 9.17) is 4.42 Å². The number of fused-ring (bicyclic) bond motifs is 2. The van der Waals surface area contributed by atoms with Gasteiger partial charge in [0, 0.05) is 11.9 Å². The van der Waals surface area contributed by atoms with E-state index in [9.17, 15) is 9.18 Å². The second kappa shape index (κ2) is 6.33. The Hall–Kier alpha value is -2.66. The quantitative estimate of drug-likeness (QED) is 0.760. The summed E-state index contributed by atoms with van der Waals surface area (Å²) in [6.45, 7) is 3.17. The molecular formula is C20H19FN2O2. The van der Waals surface area contributed by atoms with Gasteiger partial charge in [-0.05, 0) is 49.2 Å². The molecule has 4 nitrogen and oxygen atoms in total. The number of carbonyl (C=O) groups excluding carboxylic acids is 1. The molecule has 1 atom stereocenters. The summed E-state index contributed by atoms with van der Waals surface area (Å²) >= 11 is 0. The van der Waals surface area contributed by atoms with E-state index in [1.54, 1.807) is 13.0 Å². The summed E-state index contributed by atoms with van der Waals surface area (Å²) < 4.78 is 20.4. The topological polar surface area (TPSA) is 54.3 Å². The Morgan fingerprint density at radius 1 is 1.28 bits per heavy atom. The van der Waals surface area contributed by atoms with Gasteiger partial charge in [-0.15, -0.1) is 0 Å². The summed E-state index contributed by atoms with van der Waals surface area (Å²) in [4.78, 5) is 12.6. The molecule has 1 amide bonds. The van der Waals surface area contributed by atoms with E-state index in [1.165, 1.54) is 0 Å². The van der Waals surface area contributed by atoms with Crippen molar-refractivity contribution in [2.24, 2.45) is 0 Å². The number of anilines is 1. The first kappa shape index (κ1) is 15.8. The fraction of sp³-hybridized carbons (Fsp3) is 0.250. The molecule has 0 saturated carbocycles. The molecule has 0 radical (unpaired) electrons. The molecule has 0 saturated heterocycles. The predicted molar refractivity (Wildman–Crippen MR) is 95.1 cm³/mol. The van der Waals surface area contributed by atoms with Crippen molar-refractivity contribution >= 4 is 22.6 Å². The summed E-state index contributed by atoms with van der Waals surface area (Å²) in [5, 5.41) is 6.87. The van der Waals surface area contributed by atoms with Crippen LogP contribution in [0.4, 0.5) is 10.1 Å². The molecule has 0 fully saturated rings. The van der Waals surface area contributed by atoms with Gasteiger partial charge in [0.1, 0.15) is 17.2 Å². The zero-order valence-electron chi connectivity index (χ0n) is 13.9. The standard InChI is InChI=1S/C20H19FN2O2/c1-12(18-10-13-4-2-3-5-17(13)25-18)20(24)23-16-7-6-14-11-22-9-8-15(14)19(16)21/h2-7,10,12,22H,8-9,11H2,1H3,(H,23,24). The summed E-state index contributed by atoms with van der Waals surface area (Å²) in [6, 6.07) is 13.0. The highest BCUT2D eigenvalue weighted by atomic mass is 19.1. The van der Waals surface area contributed by atoms with Crippen molar-refractivity contribution in [3.63, 3.8) is 0 Å². The molecule has 2 aromatic carbocycles. The largest absolute Gasteiger partial charge is 0.460 e. The zero-order chi connectivity index (χ0) is 17.4. The van der Waals surface area contributed by atoms with Gasteiger partial charge in [0.25, 0.3) is 0 Å². The molecule has 0 aliphatic carbocycles. The van der Waals surface area contributed by atoms with Crippen molar-refractivity contribution in [2.75, 3.05) is 11.9 Å². The smallest absolute Gasteiger partial charge is 0.234 e. The van der Waals surface area contributed by atoms with Gasteiger partial charge in [0.2, 0.25) is 5.91 Å². The average molecular weight is 338 g/mol. The van der Waals surface area contributed by atoms with Crippen LogP contribution in [0.1, 0.15) is 29.7 Å². The van der Waals surface area contributed by atoms with Crippen LogP contribution in [0.2, 0.25) is 0 Å². The molecular weight excluding hydrogens is 319 g/mol. The van der Waals surface area contributed by atoms with E-state index in [0.29, 0.717) is 24.3 Å². The highest BCUT2D eigenvalue weighted by Crippen LogP contribution is 2.28. The number of rotatable bonds is 3. The highest BCUT2D eigenvalue weighted by Gasteiger charge is 2.22. The van der Waals surface area contributed by atoms with Crippen molar-refractivity contribution in [3.05, 3.63) is 65.2 Å². The van der Waals surface area contributed by atoms with Gasteiger partial charge in [-0.2, -0.15) is 0 Å². The third-order valence-electron chi connectivity index (χ3n) is 4.73. The van der Waals surface area contributed by atoms with Crippen LogP contribution in [-0.4, -0.2) is 12.5 Å². The lowest BCUT2D eigenvalue weighted by Gasteiger charge is -2.20. The van der Waals surface area contributed by atoms with Gasteiger partial charge < -0.3 is 15.1 Å². The minimum Gasteiger partial charge on any atom is -0.460 e. The SMILES string of the molecule is CC(C(=O)Nc1ccc2c(c1F)CCNC2)c1cc2ccccc2o1. The maximum atomic E-state index is 14.7. The minimum atomic E-state index is -0.510. The van der Waals surface area contributed by atoms with Gasteiger partial charge in [0.05, 0.1) is 11.6 Å². The lowest BCUT2D eigenvalue weighted by molar-refractivity contribution is -0.117. The second-order valence-electron chi connectivity index (χ2n) is 6.39. The van der Waals surface area contributed by atoms with Crippen LogP contribution in [0.3, 0.4) is 0 Å².